The number of hydrogen-bond donors (Lipinski definition) is 0. The second-order valence-electron chi connectivity index (χ2n) is 6.69. The topological polar surface area (TPSA) is 67.7 Å². The van der Waals surface area contributed by atoms with E-state index in [0.717, 1.165) is 32.5 Å². The summed E-state index contributed by atoms with van der Waals surface area (Å²) in [6.45, 7) is 8.31. The van der Waals surface area contributed by atoms with E-state index in [1.54, 1.807) is 13.1 Å². The van der Waals surface area contributed by atoms with Crippen LogP contribution >= 0.6 is 0 Å². The molecule has 1 aliphatic rings. The fourth-order valence-electron chi connectivity index (χ4n) is 3.53. The van der Waals surface area contributed by atoms with Crippen molar-refractivity contribution in [3.8, 4) is 0 Å². The minimum Gasteiger partial charge on any atom is -0.466 e. The summed E-state index contributed by atoms with van der Waals surface area (Å²) in [7, 11) is 0. The Morgan fingerprint density at radius 1 is 1.31 bits per heavy atom. The molecule has 0 spiro atoms. The molecule has 1 saturated heterocycles. The first kappa shape index (κ1) is 20.4. The molecular formula is C19H32N4O3. The predicted molar refractivity (Wildman–Crippen MR) is 99.6 cm³/mol. The van der Waals surface area contributed by atoms with Crippen molar-refractivity contribution in [1.82, 2.24) is 19.6 Å². The number of aryl methyl sites for hydroxylation is 1. The van der Waals surface area contributed by atoms with Crippen LogP contribution in [0.5, 0.6) is 0 Å². The van der Waals surface area contributed by atoms with Crippen molar-refractivity contribution in [3.63, 3.8) is 0 Å². The van der Waals surface area contributed by atoms with Crippen LogP contribution < -0.4 is 0 Å². The zero-order chi connectivity index (χ0) is 18.8. The average Bonchev–Trinajstić information content (AvgIpc) is 3.30. The Bertz CT molecular complexity index is 547. The van der Waals surface area contributed by atoms with Gasteiger partial charge in [0, 0.05) is 44.5 Å². The maximum atomic E-state index is 12.8. The first-order valence-electron chi connectivity index (χ1n) is 9.78. The lowest BCUT2D eigenvalue weighted by Gasteiger charge is -2.30. The van der Waals surface area contributed by atoms with E-state index in [2.05, 4.69) is 16.9 Å². The summed E-state index contributed by atoms with van der Waals surface area (Å²) in [6.07, 6.45) is 7.42. The highest BCUT2D eigenvalue weighted by Gasteiger charge is 2.27. The van der Waals surface area contributed by atoms with E-state index >= 15 is 0 Å². The molecule has 1 fully saturated rings. The number of hydrogen-bond acceptors (Lipinski definition) is 5. The highest BCUT2D eigenvalue weighted by Crippen LogP contribution is 2.18. The lowest BCUT2D eigenvalue weighted by molar-refractivity contribution is -0.144. The molecule has 0 radical (unpaired) electrons. The molecule has 0 N–H and O–H groups in total. The lowest BCUT2D eigenvalue weighted by Crippen LogP contribution is -2.44. The Morgan fingerprint density at radius 2 is 2.15 bits per heavy atom. The molecule has 7 heteroatoms. The molecule has 1 aromatic rings. The zero-order valence-electron chi connectivity index (χ0n) is 16.1. The van der Waals surface area contributed by atoms with Crippen LogP contribution in [0.1, 0.15) is 46.0 Å². The molecule has 0 aliphatic carbocycles. The summed E-state index contributed by atoms with van der Waals surface area (Å²) in [5, 5.41) is 4.17. The Hall–Kier alpha value is -1.89. The number of carbonyl (C=O) groups excluding carboxylic acids is 2. The van der Waals surface area contributed by atoms with Crippen LogP contribution in [0.25, 0.3) is 0 Å². The van der Waals surface area contributed by atoms with Crippen molar-refractivity contribution >= 4 is 11.9 Å². The van der Waals surface area contributed by atoms with E-state index in [4.69, 9.17) is 4.74 Å². The molecule has 0 saturated carbocycles. The molecule has 7 nitrogen and oxygen atoms in total. The van der Waals surface area contributed by atoms with Gasteiger partial charge in [0.25, 0.3) is 0 Å². The summed E-state index contributed by atoms with van der Waals surface area (Å²) >= 11 is 0. The van der Waals surface area contributed by atoms with E-state index in [1.165, 1.54) is 6.42 Å². The third-order valence-corrected chi connectivity index (χ3v) is 4.92. The molecule has 146 valence electrons. The number of aromatic nitrogens is 2. The molecule has 1 aliphatic heterocycles. The molecule has 1 unspecified atom stereocenters. The maximum Gasteiger partial charge on any atom is 0.307 e. The van der Waals surface area contributed by atoms with E-state index in [9.17, 15) is 9.59 Å². The SMILES string of the molecule is CCOC(=O)CCN(CC1CCCN1CC)C(=O)CCCn1cccn1. The van der Waals surface area contributed by atoms with Gasteiger partial charge in [-0.25, -0.2) is 0 Å². The monoisotopic (exact) mass is 364 g/mol. The highest BCUT2D eigenvalue weighted by atomic mass is 16.5. The van der Waals surface area contributed by atoms with Crippen molar-refractivity contribution in [2.45, 2.75) is 58.5 Å². The van der Waals surface area contributed by atoms with Crippen LogP contribution in [0, 0.1) is 0 Å². The molecular weight excluding hydrogens is 332 g/mol. The normalized spacial score (nSPS) is 17.4. The number of likely N-dealkylation sites (tertiary alicyclic amines) is 1. The Morgan fingerprint density at radius 3 is 2.85 bits per heavy atom. The minimum atomic E-state index is -0.236. The van der Waals surface area contributed by atoms with Crippen LogP contribution in [-0.2, 0) is 20.9 Å². The van der Waals surface area contributed by atoms with E-state index in [-0.39, 0.29) is 18.3 Å². The predicted octanol–water partition coefficient (Wildman–Crippen LogP) is 1.93. The second kappa shape index (κ2) is 11.0. The second-order valence-corrected chi connectivity index (χ2v) is 6.69. The van der Waals surface area contributed by atoms with Crippen LogP contribution in [0.15, 0.2) is 18.5 Å². The largest absolute Gasteiger partial charge is 0.466 e. The zero-order valence-corrected chi connectivity index (χ0v) is 16.1. The fourth-order valence-corrected chi connectivity index (χ4v) is 3.53. The Labute approximate surface area is 156 Å². The first-order chi connectivity index (χ1) is 12.6. The molecule has 1 atom stereocenters. The number of amides is 1. The molecule has 26 heavy (non-hydrogen) atoms. The van der Waals surface area contributed by atoms with Gasteiger partial charge >= 0.3 is 5.97 Å². The van der Waals surface area contributed by atoms with Gasteiger partial charge in [0.2, 0.25) is 5.91 Å². The van der Waals surface area contributed by atoms with Crippen molar-refractivity contribution in [2.24, 2.45) is 0 Å². The fraction of sp³-hybridized carbons (Fsp3) is 0.737. The molecule has 1 amide bonds. The first-order valence-corrected chi connectivity index (χ1v) is 9.78. The molecule has 2 rings (SSSR count). The van der Waals surface area contributed by atoms with Crippen molar-refractivity contribution < 1.29 is 14.3 Å². The van der Waals surface area contributed by atoms with Crippen LogP contribution in [0.3, 0.4) is 0 Å². The van der Waals surface area contributed by atoms with Gasteiger partial charge in [-0.15, -0.1) is 0 Å². The van der Waals surface area contributed by atoms with E-state index in [0.29, 0.717) is 32.2 Å². The van der Waals surface area contributed by atoms with Gasteiger partial charge in [-0.05, 0) is 45.3 Å². The third-order valence-electron chi connectivity index (χ3n) is 4.92. The van der Waals surface area contributed by atoms with Gasteiger partial charge in [0.1, 0.15) is 0 Å². The van der Waals surface area contributed by atoms with Gasteiger partial charge in [-0.1, -0.05) is 6.92 Å². The van der Waals surface area contributed by atoms with Crippen LogP contribution in [-0.4, -0.2) is 70.3 Å². The smallest absolute Gasteiger partial charge is 0.307 e. The van der Waals surface area contributed by atoms with E-state index < -0.39 is 0 Å². The molecule has 1 aromatic heterocycles. The van der Waals surface area contributed by atoms with Crippen LogP contribution in [0.4, 0.5) is 0 Å². The number of ether oxygens (including phenoxy) is 1. The molecule has 0 aromatic carbocycles. The number of carbonyl (C=O) groups is 2. The summed E-state index contributed by atoms with van der Waals surface area (Å²) in [6, 6.07) is 2.28. The van der Waals surface area contributed by atoms with Crippen molar-refractivity contribution in [1.29, 1.82) is 0 Å². The summed E-state index contributed by atoms with van der Waals surface area (Å²) in [4.78, 5) is 28.8. The van der Waals surface area contributed by atoms with Crippen molar-refractivity contribution in [2.75, 3.05) is 32.8 Å². The third kappa shape index (κ3) is 6.44. The minimum absolute atomic E-state index is 0.115. The molecule has 0 bridgehead atoms. The summed E-state index contributed by atoms with van der Waals surface area (Å²) in [5.41, 5.74) is 0. The van der Waals surface area contributed by atoms with Gasteiger partial charge in [-0.3, -0.25) is 19.2 Å². The number of likely N-dealkylation sites (N-methyl/N-ethyl adjacent to an activating group) is 1. The average molecular weight is 364 g/mol. The van der Waals surface area contributed by atoms with Gasteiger partial charge < -0.3 is 9.64 Å². The Balaban J connectivity index is 1.87. The van der Waals surface area contributed by atoms with E-state index in [1.807, 2.05) is 21.8 Å². The number of nitrogens with zero attached hydrogens (tertiary/aromatic N) is 4. The van der Waals surface area contributed by atoms with Gasteiger partial charge in [0.05, 0.1) is 13.0 Å². The number of esters is 1. The Kier molecular flexibility index (Phi) is 8.61. The summed E-state index contributed by atoms with van der Waals surface area (Å²) in [5.74, 6) is -0.120. The highest BCUT2D eigenvalue weighted by molar-refractivity contribution is 5.77. The van der Waals surface area contributed by atoms with Crippen LogP contribution in [0.2, 0.25) is 0 Å². The van der Waals surface area contributed by atoms with Crippen molar-refractivity contribution in [3.05, 3.63) is 18.5 Å². The number of rotatable bonds is 11. The van der Waals surface area contributed by atoms with Gasteiger partial charge in [-0.2, -0.15) is 5.10 Å². The van der Waals surface area contributed by atoms with Gasteiger partial charge in [0.15, 0.2) is 0 Å². The maximum absolute atomic E-state index is 12.8. The summed E-state index contributed by atoms with van der Waals surface area (Å²) < 4.78 is 6.85. The quantitative estimate of drug-likeness (QED) is 0.561. The molecule has 2 heterocycles. The standard InChI is InChI=1S/C19H32N4O3/c1-3-21-12-5-8-17(21)16-22(15-10-19(25)26-4-2)18(24)9-6-13-23-14-7-11-20-23/h7,11,14,17H,3-6,8-10,12-13,15-16H2,1-2H3. The lowest BCUT2D eigenvalue weighted by atomic mass is 10.1.